The molecule has 4 nitrogen and oxygen atoms in total. The number of nitrogens with zero attached hydrogens (tertiary/aromatic N) is 1. The lowest BCUT2D eigenvalue weighted by molar-refractivity contribution is -0.129. The zero-order valence-corrected chi connectivity index (χ0v) is 13.9. The van der Waals surface area contributed by atoms with E-state index in [1.807, 2.05) is 7.05 Å². The molecule has 0 aliphatic heterocycles. The zero-order valence-electron chi connectivity index (χ0n) is 13.9. The van der Waals surface area contributed by atoms with Gasteiger partial charge in [0.05, 0.1) is 13.2 Å². The van der Waals surface area contributed by atoms with Crippen molar-refractivity contribution in [3.63, 3.8) is 0 Å². The second-order valence-electron chi connectivity index (χ2n) is 6.37. The quantitative estimate of drug-likeness (QED) is 0.783. The molecule has 0 bridgehead atoms. The van der Waals surface area contributed by atoms with E-state index in [0.29, 0.717) is 26.2 Å². The number of rotatable bonds is 7. The maximum atomic E-state index is 12.0. The van der Waals surface area contributed by atoms with Crippen LogP contribution < -0.4 is 5.32 Å². The molecule has 0 aromatic heterocycles. The van der Waals surface area contributed by atoms with Crippen LogP contribution in [0, 0.1) is 0 Å². The second-order valence-corrected chi connectivity index (χ2v) is 6.37. The van der Waals surface area contributed by atoms with E-state index < -0.39 is 0 Å². The first-order valence-corrected chi connectivity index (χ1v) is 7.37. The summed E-state index contributed by atoms with van der Waals surface area (Å²) in [6, 6.07) is 8.49. The van der Waals surface area contributed by atoms with Gasteiger partial charge in [-0.2, -0.15) is 0 Å². The van der Waals surface area contributed by atoms with Crippen molar-refractivity contribution in [3.8, 4) is 0 Å². The molecule has 0 radical (unpaired) electrons. The molecule has 4 heteroatoms. The van der Waals surface area contributed by atoms with E-state index in [0.717, 1.165) is 5.56 Å². The van der Waals surface area contributed by atoms with Crippen LogP contribution >= 0.6 is 0 Å². The van der Waals surface area contributed by atoms with Gasteiger partial charge in [-0.3, -0.25) is 4.79 Å². The van der Waals surface area contributed by atoms with Crippen molar-refractivity contribution < 1.29 is 9.53 Å². The van der Waals surface area contributed by atoms with Crippen LogP contribution in [0.1, 0.15) is 31.9 Å². The Labute approximate surface area is 128 Å². The lowest BCUT2D eigenvalue weighted by Gasteiger charge is -2.21. The normalized spacial score (nSPS) is 11.5. The minimum atomic E-state index is 0.0889. The highest BCUT2D eigenvalue weighted by Crippen LogP contribution is 2.22. The predicted molar refractivity (Wildman–Crippen MR) is 86.4 cm³/mol. The van der Waals surface area contributed by atoms with Crippen molar-refractivity contribution in [2.24, 2.45) is 0 Å². The van der Waals surface area contributed by atoms with Crippen LogP contribution in [0.3, 0.4) is 0 Å². The molecule has 0 saturated heterocycles. The second kappa shape index (κ2) is 8.15. The molecule has 0 heterocycles. The highest BCUT2D eigenvalue weighted by molar-refractivity contribution is 5.77. The maximum absolute atomic E-state index is 12.0. The standard InChI is InChI=1S/C17H28N2O2/c1-17(2,3)15-8-6-14(7-9-15)13-19(4)16(20)12-18-10-11-21-5/h6-9,18H,10-13H2,1-5H3. The Morgan fingerprint density at radius 1 is 1.24 bits per heavy atom. The molecule has 0 unspecified atom stereocenters. The predicted octanol–water partition coefficient (Wildman–Crippen LogP) is 2.18. The third-order valence-corrected chi connectivity index (χ3v) is 3.42. The molecule has 1 aromatic rings. The summed E-state index contributed by atoms with van der Waals surface area (Å²) in [6.45, 7) is 8.88. The summed E-state index contributed by atoms with van der Waals surface area (Å²) >= 11 is 0. The van der Waals surface area contributed by atoms with Crippen LogP contribution in [0.4, 0.5) is 0 Å². The number of likely N-dealkylation sites (N-methyl/N-ethyl adjacent to an activating group) is 1. The number of nitrogens with one attached hydrogen (secondary N) is 1. The number of hydrogen-bond donors (Lipinski definition) is 1. The van der Waals surface area contributed by atoms with Crippen LogP contribution in [0.15, 0.2) is 24.3 Å². The van der Waals surface area contributed by atoms with Crippen molar-refractivity contribution in [1.82, 2.24) is 10.2 Å². The van der Waals surface area contributed by atoms with Crippen molar-refractivity contribution in [3.05, 3.63) is 35.4 Å². The number of amides is 1. The Bertz CT molecular complexity index is 435. The summed E-state index contributed by atoms with van der Waals surface area (Å²) in [5.41, 5.74) is 2.61. The van der Waals surface area contributed by atoms with Crippen molar-refractivity contribution in [2.75, 3.05) is 33.9 Å². The van der Waals surface area contributed by atoms with E-state index in [9.17, 15) is 4.79 Å². The molecule has 0 aliphatic rings. The van der Waals surface area contributed by atoms with Gasteiger partial charge in [0.15, 0.2) is 0 Å². The molecule has 0 atom stereocenters. The SMILES string of the molecule is COCCNCC(=O)N(C)Cc1ccc(C(C)(C)C)cc1. The Balaban J connectivity index is 2.47. The van der Waals surface area contributed by atoms with Gasteiger partial charge in [0.1, 0.15) is 0 Å². The van der Waals surface area contributed by atoms with E-state index >= 15 is 0 Å². The minimum absolute atomic E-state index is 0.0889. The average molecular weight is 292 g/mol. The van der Waals surface area contributed by atoms with Crippen LogP contribution in [0.25, 0.3) is 0 Å². The molecule has 1 amide bonds. The smallest absolute Gasteiger partial charge is 0.236 e. The molecule has 0 spiro atoms. The van der Waals surface area contributed by atoms with Crippen LogP contribution in [0.2, 0.25) is 0 Å². The maximum Gasteiger partial charge on any atom is 0.236 e. The molecule has 0 aliphatic carbocycles. The molecule has 0 saturated carbocycles. The van der Waals surface area contributed by atoms with Crippen molar-refractivity contribution in [1.29, 1.82) is 0 Å². The summed E-state index contributed by atoms with van der Waals surface area (Å²) in [6.07, 6.45) is 0. The van der Waals surface area contributed by atoms with Gasteiger partial charge in [-0.15, -0.1) is 0 Å². The summed E-state index contributed by atoms with van der Waals surface area (Å²) in [7, 11) is 3.48. The Kier molecular flexibility index (Phi) is 6.85. The summed E-state index contributed by atoms with van der Waals surface area (Å²) in [5, 5.41) is 3.07. The molecule has 1 rings (SSSR count). The van der Waals surface area contributed by atoms with Gasteiger partial charge < -0.3 is 15.0 Å². The fourth-order valence-corrected chi connectivity index (χ4v) is 1.98. The number of hydrogen-bond acceptors (Lipinski definition) is 3. The first-order valence-electron chi connectivity index (χ1n) is 7.37. The van der Waals surface area contributed by atoms with E-state index in [4.69, 9.17) is 4.74 Å². The lowest BCUT2D eigenvalue weighted by atomic mass is 9.87. The summed E-state index contributed by atoms with van der Waals surface area (Å²) < 4.78 is 4.93. The van der Waals surface area contributed by atoms with Gasteiger partial charge in [0.2, 0.25) is 5.91 Å². The third-order valence-electron chi connectivity index (χ3n) is 3.42. The Morgan fingerprint density at radius 3 is 2.38 bits per heavy atom. The Morgan fingerprint density at radius 2 is 1.86 bits per heavy atom. The molecule has 118 valence electrons. The van der Waals surface area contributed by atoms with E-state index in [-0.39, 0.29) is 11.3 Å². The summed E-state index contributed by atoms with van der Waals surface area (Å²) in [5.74, 6) is 0.0889. The van der Waals surface area contributed by atoms with Crippen LogP contribution in [0.5, 0.6) is 0 Å². The van der Waals surface area contributed by atoms with Gasteiger partial charge >= 0.3 is 0 Å². The first-order chi connectivity index (χ1) is 9.84. The molecule has 0 fully saturated rings. The van der Waals surface area contributed by atoms with Gasteiger partial charge in [0.25, 0.3) is 0 Å². The van der Waals surface area contributed by atoms with Gasteiger partial charge in [0, 0.05) is 27.2 Å². The van der Waals surface area contributed by atoms with Crippen LogP contribution in [-0.2, 0) is 21.5 Å². The van der Waals surface area contributed by atoms with Gasteiger partial charge in [-0.1, -0.05) is 45.0 Å². The van der Waals surface area contributed by atoms with Crippen molar-refractivity contribution >= 4 is 5.91 Å². The molecular weight excluding hydrogens is 264 g/mol. The zero-order chi connectivity index (χ0) is 15.9. The van der Waals surface area contributed by atoms with Crippen molar-refractivity contribution in [2.45, 2.75) is 32.7 Å². The third kappa shape index (κ3) is 6.27. The largest absolute Gasteiger partial charge is 0.383 e. The molecular formula is C17H28N2O2. The molecule has 1 aromatic carbocycles. The van der Waals surface area contributed by atoms with Gasteiger partial charge in [-0.05, 0) is 16.5 Å². The lowest BCUT2D eigenvalue weighted by Crippen LogP contribution is -2.36. The van der Waals surface area contributed by atoms with Crippen LogP contribution in [-0.4, -0.2) is 44.7 Å². The van der Waals surface area contributed by atoms with E-state index in [1.165, 1.54) is 5.56 Å². The highest BCUT2D eigenvalue weighted by atomic mass is 16.5. The summed E-state index contributed by atoms with van der Waals surface area (Å²) in [4.78, 5) is 13.7. The monoisotopic (exact) mass is 292 g/mol. The van der Waals surface area contributed by atoms with E-state index in [1.54, 1.807) is 12.0 Å². The number of ether oxygens (including phenoxy) is 1. The number of benzene rings is 1. The first kappa shape index (κ1) is 17.7. The highest BCUT2D eigenvalue weighted by Gasteiger charge is 2.13. The molecule has 1 N–H and O–H groups in total. The molecule has 21 heavy (non-hydrogen) atoms. The van der Waals surface area contributed by atoms with E-state index in [2.05, 4.69) is 50.4 Å². The Hall–Kier alpha value is -1.39. The number of carbonyl (C=O) groups excluding carboxylic acids is 1. The minimum Gasteiger partial charge on any atom is -0.383 e. The topological polar surface area (TPSA) is 41.6 Å². The fraction of sp³-hybridized carbons (Fsp3) is 0.588. The average Bonchev–Trinajstić information content (AvgIpc) is 2.43. The number of carbonyl (C=O) groups is 1. The fourth-order valence-electron chi connectivity index (χ4n) is 1.98. The van der Waals surface area contributed by atoms with Gasteiger partial charge in [-0.25, -0.2) is 0 Å². The number of methoxy groups -OCH3 is 1.